The van der Waals surface area contributed by atoms with Crippen molar-refractivity contribution in [2.24, 2.45) is 5.92 Å². The predicted molar refractivity (Wildman–Crippen MR) is 75.1 cm³/mol. The van der Waals surface area contributed by atoms with Crippen molar-refractivity contribution >= 4 is 23.6 Å². The third kappa shape index (κ3) is 5.10. The average molecular weight is 307 g/mol. The molecule has 1 aliphatic rings. The topological polar surface area (TPSA) is 112 Å². The van der Waals surface area contributed by atoms with Gasteiger partial charge in [0.2, 0.25) is 0 Å². The predicted octanol–water partition coefficient (Wildman–Crippen LogP) is 1.50. The number of benzene rings is 1. The summed E-state index contributed by atoms with van der Waals surface area (Å²) in [5.41, 5.74) is 0.570. The van der Waals surface area contributed by atoms with E-state index in [1.165, 1.54) is 6.92 Å². The number of amides is 2. The van der Waals surface area contributed by atoms with Gasteiger partial charge in [-0.3, -0.25) is 24.4 Å². The molecule has 2 rings (SSSR count). The number of hydrogen-bond donors (Lipinski definition) is 2. The van der Waals surface area contributed by atoms with Gasteiger partial charge in [0.1, 0.15) is 0 Å². The molecule has 118 valence electrons. The van der Waals surface area contributed by atoms with E-state index in [4.69, 9.17) is 10.3 Å². The Morgan fingerprint density at radius 1 is 1.14 bits per heavy atom. The standard InChI is InChI=1S/C11H12O3.C4H5NO3/c1-8(11(13)14)7-10(12)9-5-3-2-4-6-9;6-3-1-2-4(7)5(3)8/h2-6,8H,7H2,1H3,(H,13,14);8H,1-2H2. The highest BCUT2D eigenvalue weighted by Crippen LogP contribution is 2.09. The molecular formula is C15H17NO6. The summed E-state index contributed by atoms with van der Waals surface area (Å²) in [5, 5.41) is 17.2. The normalized spacial score (nSPS) is 15.1. The van der Waals surface area contributed by atoms with Crippen molar-refractivity contribution in [1.82, 2.24) is 5.06 Å². The van der Waals surface area contributed by atoms with Crippen LogP contribution in [0.2, 0.25) is 0 Å². The molecular weight excluding hydrogens is 290 g/mol. The molecule has 1 fully saturated rings. The SMILES string of the molecule is CC(CC(=O)c1ccccc1)C(=O)O.O=C1CCC(=O)N1O. The van der Waals surface area contributed by atoms with Gasteiger partial charge in [-0.05, 0) is 0 Å². The van der Waals surface area contributed by atoms with E-state index < -0.39 is 23.7 Å². The van der Waals surface area contributed by atoms with Gasteiger partial charge >= 0.3 is 5.97 Å². The molecule has 1 aliphatic heterocycles. The number of imide groups is 1. The summed E-state index contributed by atoms with van der Waals surface area (Å²) in [5.74, 6) is -2.69. The van der Waals surface area contributed by atoms with E-state index in [9.17, 15) is 19.2 Å². The summed E-state index contributed by atoms with van der Waals surface area (Å²) >= 11 is 0. The highest BCUT2D eigenvalue weighted by atomic mass is 16.5. The van der Waals surface area contributed by atoms with Crippen molar-refractivity contribution in [3.05, 3.63) is 35.9 Å². The van der Waals surface area contributed by atoms with Crippen molar-refractivity contribution in [2.45, 2.75) is 26.2 Å². The Balaban J connectivity index is 0.000000255. The molecule has 0 radical (unpaired) electrons. The zero-order valence-corrected chi connectivity index (χ0v) is 12.1. The molecule has 2 amide bonds. The van der Waals surface area contributed by atoms with Crippen molar-refractivity contribution in [2.75, 3.05) is 0 Å². The maximum absolute atomic E-state index is 11.5. The first-order valence-corrected chi connectivity index (χ1v) is 6.68. The smallest absolute Gasteiger partial charge is 0.306 e. The van der Waals surface area contributed by atoms with Crippen LogP contribution in [0.25, 0.3) is 0 Å². The third-order valence-electron chi connectivity index (χ3n) is 3.03. The van der Waals surface area contributed by atoms with Crippen LogP contribution in [0.1, 0.15) is 36.5 Å². The van der Waals surface area contributed by atoms with Gasteiger partial charge in [-0.2, -0.15) is 5.06 Å². The van der Waals surface area contributed by atoms with Crippen molar-refractivity contribution in [3.8, 4) is 0 Å². The first-order chi connectivity index (χ1) is 10.3. The van der Waals surface area contributed by atoms with E-state index in [0.717, 1.165) is 0 Å². The third-order valence-corrected chi connectivity index (χ3v) is 3.03. The number of ketones is 1. The molecule has 1 atom stereocenters. The lowest BCUT2D eigenvalue weighted by Crippen LogP contribution is -2.24. The van der Waals surface area contributed by atoms with Gasteiger partial charge in [-0.25, -0.2) is 0 Å². The number of hydrogen-bond acceptors (Lipinski definition) is 5. The number of carbonyl (C=O) groups excluding carboxylic acids is 3. The highest BCUT2D eigenvalue weighted by Gasteiger charge is 2.26. The van der Waals surface area contributed by atoms with Crippen LogP contribution in [0, 0.1) is 5.92 Å². The Morgan fingerprint density at radius 2 is 1.64 bits per heavy atom. The zero-order chi connectivity index (χ0) is 16.7. The summed E-state index contributed by atoms with van der Waals surface area (Å²) < 4.78 is 0. The first kappa shape index (κ1) is 17.5. The molecule has 1 unspecified atom stereocenters. The molecule has 0 bridgehead atoms. The van der Waals surface area contributed by atoms with E-state index in [0.29, 0.717) is 5.56 Å². The summed E-state index contributed by atoms with van der Waals surface area (Å²) in [6.45, 7) is 1.53. The van der Waals surface area contributed by atoms with Gasteiger partial charge in [0.05, 0.1) is 5.92 Å². The molecule has 1 heterocycles. The second-order valence-corrected chi connectivity index (χ2v) is 4.83. The summed E-state index contributed by atoms with van der Waals surface area (Å²) in [6, 6.07) is 8.72. The number of hydroxylamine groups is 2. The van der Waals surface area contributed by atoms with Gasteiger partial charge in [-0.15, -0.1) is 0 Å². The molecule has 0 spiro atoms. The van der Waals surface area contributed by atoms with Crippen LogP contribution in [-0.4, -0.2) is 38.9 Å². The zero-order valence-electron chi connectivity index (χ0n) is 12.1. The Labute approximate surface area is 127 Å². The van der Waals surface area contributed by atoms with Crippen LogP contribution in [0.4, 0.5) is 0 Å². The summed E-state index contributed by atoms with van der Waals surface area (Å²) in [6.07, 6.45) is 0.351. The van der Waals surface area contributed by atoms with E-state index in [1.807, 2.05) is 6.07 Å². The largest absolute Gasteiger partial charge is 0.481 e. The molecule has 7 nitrogen and oxygen atoms in total. The van der Waals surface area contributed by atoms with E-state index >= 15 is 0 Å². The summed E-state index contributed by atoms with van der Waals surface area (Å²) in [7, 11) is 0. The fraction of sp³-hybridized carbons (Fsp3) is 0.333. The summed E-state index contributed by atoms with van der Waals surface area (Å²) in [4.78, 5) is 42.5. The number of nitrogens with zero attached hydrogens (tertiary/aromatic N) is 1. The van der Waals surface area contributed by atoms with Crippen LogP contribution in [0.15, 0.2) is 30.3 Å². The monoisotopic (exact) mass is 307 g/mol. The fourth-order valence-electron chi connectivity index (χ4n) is 1.67. The molecule has 2 N–H and O–H groups in total. The Morgan fingerprint density at radius 3 is 2.00 bits per heavy atom. The second kappa shape index (κ2) is 8.04. The number of carboxylic acid groups (broad SMARTS) is 1. The quantitative estimate of drug-likeness (QED) is 0.495. The van der Waals surface area contributed by atoms with E-state index in [1.54, 1.807) is 24.3 Å². The molecule has 0 saturated carbocycles. The number of carboxylic acids is 1. The van der Waals surface area contributed by atoms with Gasteiger partial charge in [0, 0.05) is 24.8 Å². The molecule has 1 aromatic carbocycles. The Bertz CT molecular complexity index is 553. The second-order valence-electron chi connectivity index (χ2n) is 4.83. The maximum Gasteiger partial charge on any atom is 0.306 e. The van der Waals surface area contributed by atoms with Crippen LogP contribution in [0.3, 0.4) is 0 Å². The minimum absolute atomic E-state index is 0.0549. The molecule has 22 heavy (non-hydrogen) atoms. The lowest BCUT2D eigenvalue weighted by atomic mass is 10.0. The number of aliphatic carboxylic acids is 1. The highest BCUT2D eigenvalue weighted by molar-refractivity contribution is 6.00. The van der Waals surface area contributed by atoms with Crippen LogP contribution < -0.4 is 0 Å². The Hall–Kier alpha value is -2.54. The minimum Gasteiger partial charge on any atom is -0.481 e. The van der Waals surface area contributed by atoms with Gasteiger partial charge in [-0.1, -0.05) is 37.3 Å². The average Bonchev–Trinajstić information content (AvgIpc) is 2.80. The minimum atomic E-state index is -0.936. The number of rotatable bonds is 4. The van der Waals surface area contributed by atoms with Gasteiger partial charge < -0.3 is 5.11 Å². The van der Waals surface area contributed by atoms with Crippen molar-refractivity contribution in [1.29, 1.82) is 0 Å². The molecule has 1 aromatic rings. The fourth-order valence-corrected chi connectivity index (χ4v) is 1.67. The van der Waals surface area contributed by atoms with Crippen LogP contribution >= 0.6 is 0 Å². The number of carbonyl (C=O) groups is 4. The molecule has 0 aromatic heterocycles. The number of Topliss-reactive ketones (excluding diaryl/α,β-unsaturated/α-hetero) is 1. The van der Waals surface area contributed by atoms with Crippen LogP contribution in [0.5, 0.6) is 0 Å². The van der Waals surface area contributed by atoms with Gasteiger partial charge in [0.25, 0.3) is 11.8 Å². The van der Waals surface area contributed by atoms with Crippen molar-refractivity contribution < 1.29 is 29.5 Å². The van der Waals surface area contributed by atoms with Gasteiger partial charge in [0.15, 0.2) is 5.78 Å². The van der Waals surface area contributed by atoms with Crippen LogP contribution in [-0.2, 0) is 14.4 Å². The van der Waals surface area contributed by atoms with Crippen molar-refractivity contribution in [3.63, 3.8) is 0 Å². The molecule has 0 aliphatic carbocycles. The molecule has 7 heteroatoms. The lowest BCUT2D eigenvalue weighted by molar-refractivity contribution is -0.171. The first-order valence-electron chi connectivity index (χ1n) is 6.68. The Kier molecular flexibility index (Phi) is 6.40. The van der Waals surface area contributed by atoms with E-state index in [-0.39, 0.29) is 30.1 Å². The molecule has 1 saturated heterocycles. The van der Waals surface area contributed by atoms with E-state index in [2.05, 4.69) is 0 Å². The maximum atomic E-state index is 11.5. The lowest BCUT2D eigenvalue weighted by Gasteiger charge is -2.04.